The molecule has 0 aliphatic heterocycles. The highest BCUT2D eigenvalue weighted by Gasteiger charge is 2.17. The van der Waals surface area contributed by atoms with E-state index in [4.69, 9.17) is 24.4 Å². The van der Waals surface area contributed by atoms with E-state index in [-0.39, 0.29) is 0 Å². The van der Waals surface area contributed by atoms with E-state index in [1.54, 1.807) is 0 Å². The second kappa shape index (κ2) is 11.9. The molecule has 0 bridgehead atoms. The van der Waals surface area contributed by atoms with E-state index >= 15 is 0 Å². The molecular weight excluding hydrogens is 625 g/mol. The summed E-state index contributed by atoms with van der Waals surface area (Å²) >= 11 is 0. The van der Waals surface area contributed by atoms with Crippen LogP contribution in [0.1, 0.15) is 0 Å². The van der Waals surface area contributed by atoms with E-state index in [1.165, 1.54) is 0 Å². The maximum Gasteiger partial charge on any atom is 0.227 e. The molecule has 0 saturated heterocycles. The molecule has 5 nitrogen and oxygen atoms in total. The van der Waals surface area contributed by atoms with Crippen molar-refractivity contribution in [1.29, 1.82) is 0 Å². The van der Waals surface area contributed by atoms with Crippen LogP contribution in [0.5, 0.6) is 0 Å². The van der Waals surface area contributed by atoms with Crippen molar-refractivity contribution in [3.05, 3.63) is 170 Å². The number of fused-ring (bicyclic) bond motifs is 7. The third-order valence-electron chi connectivity index (χ3n) is 9.51. The van der Waals surface area contributed by atoms with E-state index in [2.05, 4.69) is 103 Å². The van der Waals surface area contributed by atoms with E-state index in [9.17, 15) is 0 Å². The fraction of sp³-hybridized carbons (Fsp3) is 0. The van der Waals surface area contributed by atoms with Crippen LogP contribution in [0.3, 0.4) is 0 Å². The van der Waals surface area contributed by atoms with Gasteiger partial charge in [-0.15, -0.1) is 0 Å². The second-order valence-corrected chi connectivity index (χ2v) is 12.7. The van der Waals surface area contributed by atoms with Crippen LogP contribution in [-0.2, 0) is 0 Å². The first-order chi connectivity index (χ1) is 25.2. The molecule has 0 saturated carbocycles. The Kier molecular flexibility index (Phi) is 6.74. The molecule has 0 unspecified atom stereocenters. The molecule has 5 heteroatoms. The van der Waals surface area contributed by atoms with Gasteiger partial charge in [0.1, 0.15) is 5.52 Å². The van der Waals surface area contributed by atoms with E-state index in [1.807, 2.05) is 66.7 Å². The number of hydrogen-bond donors (Lipinski definition) is 0. The molecule has 2 aromatic heterocycles. The minimum Gasteiger partial charge on any atom is -0.435 e. The summed E-state index contributed by atoms with van der Waals surface area (Å²) in [6.45, 7) is 0. The molecule has 238 valence electrons. The summed E-state index contributed by atoms with van der Waals surface area (Å²) in [5.41, 5.74) is 7.64. The third kappa shape index (κ3) is 5.11. The van der Waals surface area contributed by atoms with Crippen LogP contribution in [0.25, 0.3) is 100 Å². The van der Waals surface area contributed by atoms with Crippen molar-refractivity contribution in [1.82, 2.24) is 19.9 Å². The van der Waals surface area contributed by atoms with Gasteiger partial charge in [-0.2, -0.15) is 0 Å². The molecule has 0 N–H and O–H groups in total. The van der Waals surface area contributed by atoms with Crippen molar-refractivity contribution >= 4 is 43.4 Å². The average molecular weight is 653 g/mol. The molecule has 0 spiro atoms. The van der Waals surface area contributed by atoms with Crippen LogP contribution in [0, 0.1) is 0 Å². The van der Waals surface area contributed by atoms with Gasteiger partial charge >= 0.3 is 0 Å². The summed E-state index contributed by atoms with van der Waals surface area (Å²) in [5.74, 6) is 2.51. The monoisotopic (exact) mass is 652 g/mol. The van der Waals surface area contributed by atoms with E-state index in [0.717, 1.165) is 76.8 Å². The maximum absolute atomic E-state index is 6.68. The summed E-state index contributed by atoms with van der Waals surface area (Å²) in [6.07, 6.45) is 0. The highest BCUT2D eigenvalue weighted by molar-refractivity contribution is 6.26. The van der Waals surface area contributed by atoms with Crippen LogP contribution in [0.2, 0.25) is 0 Å². The Hall–Kier alpha value is -6.98. The van der Waals surface area contributed by atoms with Gasteiger partial charge in [0, 0.05) is 33.0 Å². The first kappa shape index (κ1) is 29.0. The zero-order valence-corrected chi connectivity index (χ0v) is 27.4. The largest absolute Gasteiger partial charge is 0.435 e. The smallest absolute Gasteiger partial charge is 0.227 e. The van der Waals surface area contributed by atoms with Gasteiger partial charge in [-0.25, -0.2) is 19.9 Å². The van der Waals surface area contributed by atoms with Crippen LogP contribution < -0.4 is 0 Å². The van der Waals surface area contributed by atoms with Crippen LogP contribution >= 0.6 is 0 Å². The molecule has 0 radical (unpaired) electrons. The third-order valence-corrected chi connectivity index (χ3v) is 9.51. The number of rotatable bonds is 5. The lowest BCUT2D eigenvalue weighted by Crippen LogP contribution is -2.00. The molecule has 2 heterocycles. The minimum atomic E-state index is 0.605. The predicted octanol–water partition coefficient (Wildman–Crippen LogP) is 11.8. The zero-order valence-electron chi connectivity index (χ0n) is 27.4. The molecule has 0 aliphatic carbocycles. The van der Waals surface area contributed by atoms with Crippen molar-refractivity contribution < 1.29 is 4.42 Å². The summed E-state index contributed by atoms with van der Waals surface area (Å²) in [6, 6.07) is 58.2. The number of hydrogen-bond acceptors (Lipinski definition) is 5. The van der Waals surface area contributed by atoms with E-state index in [0.29, 0.717) is 23.4 Å². The van der Waals surface area contributed by atoms with Crippen LogP contribution in [0.15, 0.2) is 174 Å². The molecule has 0 fully saturated rings. The Morgan fingerprint density at radius 1 is 0.333 bits per heavy atom. The van der Waals surface area contributed by atoms with Gasteiger partial charge < -0.3 is 4.42 Å². The number of oxazole rings is 1. The van der Waals surface area contributed by atoms with Gasteiger partial charge in [0.2, 0.25) is 5.89 Å². The van der Waals surface area contributed by atoms with Crippen molar-refractivity contribution in [3.8, 4) is 56.7 Å². The lowest BCUT2D eigenvalue weighted by Gasteiger charge is -2.11. The summed E-state index contributed by atoms with van der Waals surface area (Å²) in [5, 5.41) is 6.64. The maximum atomic E-state index is 6.68. The Bertz CT molecular complexity index is 2840. The minimum absolute atomic E-state index is 0.605. The lowest BCUT2D eigenvalue weighted by atomic mass is 9.95. The molecular formula is C46H28N4O. The van der Waals surface area contributed by atoms with Gasteiger partial charge in [0.25, 0.3) is 0 Å². The van der Waals surface area contributed by atoms with Crippen molar-refractivity contribution in [2.24, 2.45) is 0 Å². The molecule has 10 rings (SSSR count). The van der Waals surface area contributed by atoms with Gasteiger partial charge in [0.05, 0.1) is 0 Å². The van der Waals surface area contributed by atoms with Gasteiger partial charge in [0.15, 0.2) is 23.1 Å². The number of aromatic nitrogens is 4. The first-order valence-corrected chi connectivity index (χ1v) is 17.0. The summed E-state index contributed by atoms with van der Waals surface area (Å²) < 4.78 is 6.68. The van der Waals surface area contributed by atoms with Crippen molar-refractivity contribution in [2.45, 2.75) is 0 Å². The number of nitrogens with zero attached hydrogens (tertiary/aromatic N) is 4. The van der Waals surface area contributed by atoms with Crippen LogP contribution in [-0.4, -0.2) is 19.9 Å². The van der Waals surface area contributed by atoms with Gasteiger partial charge in [-0.3, -0.25) is 0 Å². The molecule has 10 aromatic rings. The molecule has 51 heavy (non-hydrogen) atoms. The molecule has 8 aromatic carbocycles. The molecule has 0 aliphatic rings. The summed E-state index contributed by atoms with van der Waals surface area (Å²) in [7, 11) is 0. The van der Waals surface area contributed by atoms with Crippen molar-refractivity contribution in [3.63, 3.8) is 0 Å². The molecule has 0 atom stereocenters. The van der Waals surface area contributed by atoms with Gasteiger partial charge in [-0.1, -0.05) is 146 Å². The normalized spacial score (nSPS) is 11.5. The Labute approximate surface area is 293 Å². The fourth-order valence-electron chi connectivity index (χ4n) is 7.01. The second-order valence-electron chi connectivity index (χ2n) is 12.7. The Morgan fingerprint density at radius 2 is 0.863 bits per heavy atom. The zero-order chi connectivity index (χ0) is 33.7. The quantitative estimate of drug-likeness (QED) is 0.173. The first-order valence-electron chi connectivity index (χ1n) is 17.0. The fourth-order valence-corrected chi connectivity index (χ4v) is 7.01. The van der Waals surface area contributed by atoms with Crippen LogP contribution in [0.4, 0.5) is 0 Å². The average Bonchev–Trinajstić information content (AvgIpc) is 3.66. The molecule has 0 amide bonds. The Balaban J connectivity index is 1.14. The topological polar surface area (TPSA) is 64.7 Å². The van der Waals surface area contributed by atoms with Crippen molar-refractivity contribution in [2.75, 3.05) is 0 Å². The van der Waals surface area contributed by atoms with E-state index < -0.39 is 0 Å². The number of benzene rings is 8. The van der Waals surface area contributed by atoms with Gasteiger partial charge in [-0.05, 0) is 56.9 Å². The highest BCUT2D eigenvalue weighted by atomic mass is 16.3. The Morgan fingerprint density at radius 3 is 1.53 bits per heavy atom. The SMILES string of the molecule is c1ccc(-c2cccc(-c3nc4ccc5ccc6ccc7cc(-c8nc(-c9ccccc9)nc(-c9ccccc9)n8)ccc7c6c5c4o3)c2)cc1. The summed E-state index contributed by atoms with van der Waals surface area (Å²) in [4.78, 5) is 19.8. The standard InChI is InChI=1S/C46H28N4O/c1-4-11-29(12-5-1)34-17-10-18-37(27-34)46-47-39-26-24-31-20-19-30-21-22-35-28-36(23-25-38(35)40(30)41(31)42(39)51-46)45-49-43(32-13-6-2-7-14-32)48-44(50-45)33-15-8-3-9-16-33/h1-28H. The predicted molar refractivity (Wildman–Crippen MR) is 207 cm³/mol. The highest BCUT2D eigenvalue weighted by Crippen LogP contribution is 2.39. The lowest BCUT2D eigenvalue weighted by molar-refractivity contribution is 0.623.